The van der Waals surface area contributed by atoms with Gasteiger partial charge in [-0.25, -0.2) is 0 Å². The Morgan fingerprint density at radius 1 is 1.30 bits per heavy atom. The Morgan fingerprint density at radius 3 is 2.55 bits per heavy atom. The van der Waals surface area contributed by atoms with E-state index in [1.54, 1.807) is 24.3 Å². The minimum absolute atomic E-state index is 0.0728. The minimum atomic E-state index is -4.33. The van der Waals surface area contributed by atoms with Crippen LogP contribution in [0, 0.1) is 0 Å². The fraction of sp³-hybridized carbons (Fsp3) is 0.462. The van der Waals surface area contributed by atoms with Gasteiger partial charge in [0, 0.05) is 0 Å². The number of rotatable bonds is 6. The Balaban J connectivity index is 2.53. The van der Waals surface area contributed by atoms with Crippen molar-refractivity contribution in [1.82, 2.24) is 5.32 Å². The Kier molecular flexibility index (Phi) is 5.82. The fourth-order valence-corrected chi connectivity index (χ4v) is 1.44. The second-order valence-corrected chi connectivity index (χ2v) is 4.43. The number of para-hydroxylation sites is 2. The lowest BCUT2D eigenvalue weighted by Gasteiger charge is -2.15. The largest absolute Gasteiger partial charge is 0.489 e. The summed E-state index contributed by atoms with van der Waals surface area (Å²) < 4.78 is 41.3. The van der Waals surface area contributed by atoms with Gasteiger partial charge >= 0.3 is 6.18 Å². The molecule has 0 heterocycles. The Hall–Kier alpha value is -1.76. The Labute approximate surface area is 115 Å². The van der Waals surface area contributed by atoms with Crippen LogP contribution in [0.1, 0.15) is 13.8 Å². The van der Waals surface area contributed by atoms with Crippen molar-refractivity contribution in [2.24, 2.45) is 0 Å². The van der Waals surface area contributed by atoms with Gasteiger partial charge in [-0.2, -0.15) is 13.2 Å². The second kappa shape index (κ2) is 7.14. The van der Waals surface area contributed by atoms with E-state index in [2.05, 4.69) is 5.32 Å². The van der Waals surface area contributed by atoms with Gasteiger partial charge in [-0.15, -0.1) is 0 Å². The summed E-state index contributed by atoms with van der Waals surface area (Å²) in [6.07, 6.45) is -4.41. The molecule has 1 aromatic rings. The molecule has 1 aromatic carbocycles. The number of amides is 1. The molecule has 0 aliphatic heterocycles. The van der Waals surface area contributed by atoms with Crippen LogP contribution >= 0.6 is 0 Å². The first-order valence-corrected chi connectivity index (χ1v) is 6.11. The van der Waals surface area contributed by atoms with Crippen molar-refractivity contribution in [1.29, 1.82) is 0 Å². The van der Waals surface area contributed by atoms with Crippen LogP contribution in [0.4, 0.5) is 18.9 Å². The number of alkyl halides is 3. The van der Waals surface area contributed by atoms with Gasteiger partial charge < -0.3 is 15.4 Å². The van der Waals surface area contributed by atoms with Gasteiger partial charge in [-0.05, 0) is 26.0 Å². The number of hydrogen-bond acceptors (Lipinski definition) is 3. The van der Waals surface area contributed by atoms with Gasteiger partial charge in [0.05, 0.1) is 24.9 Å². The first-order chi connectivity index (χ1) is 9.28. The normalized spacial score (nSPS) is 11.5. The molecule has 0 radical (unpaired) electrons. The van der Waals surface area contributed by atoms with Crippen LogP contribution in [0.25, 0.3) is 0 Å². The van der Waals surface area contributed by atoms with E-state index in [1.807, 2.05) is 19.2 Å². The molecule has 0 unspecified atom stereocenters. The van der Waals surface area contributed by atoms with E-state index < -0.39 is 25.2 Å². The van der Waals surface area contributed by atoms with Gasteiger partial charge in [0.25, 0.3) is 0 Å². The highest BCUT2D eigenvalue weighted by Gasteiger charge is 2.26. The summed E-state index contributed by atoms with van der Waals surface area (Å²) in [7, 11) is 0. The number of halogens is 3. The molecular weight excluding hydrogens is 273 g/mol. The molecule has 0 aliphatic carbocycles. The van der Waals surface area contributed by atoms with Crippen LogP contribution in [0.5, 0.6) is 5.75 Å². The average molecular weight is 290 g/mol. The van der Waals surface area contributed by atoms with E-state index in [9.17, 15) is 18.0 Å². The van der Waals surface area contributed by atoms with Crippen molar-refractivity contribution in [3.8, 4) is 5.75 Å². The number of benzene rings is 1. The number of carbonyl (C=O) groups is 1. The molecule has 4 nitrogen and oxygen atoms in total. The summed E-state index contributed by atoms with van der Waals surface area (Å²) in [6.45, 7) is 2.05. The molecule has 0 saturated heterocycles. The highest BCUT2D eigenvalue weighted by molar-refractivity contribution is 5.93. The molecule has 7 heteroatoms. The second-order valence-electron chi connectivity index (χ2n) is 4.43. The summed E-state index contributed by atoms with van der Waals surface area (Å²) in [4.78, 5) is 11.5. The molecule has 1 amide bonds. The quantitative estimate of drug-likeness (QED) is 0.846. The zero-order valence-corrected chi connectivity index (χ0v) is 11.3. The van der Waals surface area contributed by atoms with E-state index >= 15 is 0 Å². The van der Waals surface area contributed by atoms with E-state index in [0.717, 1.165) is 0 Å². The number of nitrogens with one attached hydrogen (secondary N) is 2. The van der Waals surface area contributed by atoms with Gasteiger partial charge in [-0.3, -0.25) is 4.79 Å². The van der Waals surface area contributed by atoms with Gasteiger partial charge in [0.2, 0.25) is 5.91 Å². The Bertz CT molecular complexity index is 447. The van der Waals surface area contributed by atoms with E-state index in [1.165, 1.54) is 0 Å². The molecule has 0 fully saturated rings. The number of ether oxygens (including phenoxy) is 1. The summed E-state index contributed by atoms with van der Waals surface area (Å²) in [6, 6.07) is 6.75. The highest BCUT2D eigenvalue weighted by Crippen LogP contribution is 2.24. The maximum Gasteiger partial charge on any atom is 0.401 e. The molecule has 0 bridgehead atoms. The predicted octanol–water partition coefficient (Wildman–Crippen LogP) is 2.56. The first kappa shape index (κ1) is 16.3. The third-order valence-corrected chi connectivity index (χ3v) is 2.13. The molecular formula is C13H17F3N2O2. The molecule has 112 valence electrons. The summed E-state index contributed by atoms with van der Waals surface area (Å²) in [5.41, 5.74) is 0.431. The molecule has 20 heavy (non-hydrogen) atoms. The first-order valence-electron chi connectivity index (χ1n) is 6.11. The van der Waals surface area contributed by atoms with Crippen LogP contribution in [-0.4, -0.2) is 31.3 Å². The summed E-state index contributed by atoms with van der Waals surface area (Å²) >= 11 is 0. The van der Waals surface area contributed by atoms with Crippen LogP contribution in [0.15, 0.2) is 24.3 Å². The third-order valence-electron chi connectivity index (χ3n) is 2.13. The van der Waals surface area contributed by atoms with Gasteiger partial charge in [0.15, 0.2) is 0 Å². The van der Waals surface area contributed by atoms with Crippen LogP contribution in [0.3, 0.4) is 0 Å². The average Bonchev–Trinajstić information content (AvgIpc) is 2.29. The van der Waals surface area contributed by atoms with Crippen molar-refractivity contribution in [2.75, 3.05) is 18.4 Å². The van der Waals surface area contributed by atoms with Crippen LogP contribution in [0.2, 0.25) is 0 Å². The molecule has 2 N–H and O–H groups in total. The molecule has 0 spiro atoms. The zero-order valence-electron chi connectivity index (χ0n) is 11.3. The molecule has 0 atom stereocenters. The van der Waals surface area contributed by atoms with Crippen molar-refractivity contribution < 1.29 is 22.7 Å². The van der Waals surface area contributed by atoms with Crippen molar-refractivity contribution in [3.05, 3.63) is 24.3 Å². The molecule has 1 rings (SSSR count). The third kappa shape index (κ3) is 6.42. The van der Waals surface area contributed by atoms with Gasteiger partial charge in [-0.1, -0.05) is 12.1 Å². The standard InChI is InChI=1S/C13H17F3N2O2/c1-9(2)20-11-6-4-3-5-10(11)18-12(19)7-17-8-13(14,15)16/h3-6,9,17H,7-8H2,1-2H3,(H,18,19). The van der Waals surface area contributed by atoms with Gasteiger partial charge in [0.1, 0.15) is 5.75 Å². The SMILES string of the molecule is CC(C)Oc1ccccc1NC(=O)CNCC(F)(F)F. The highest BCUT2D eigenvalue weighted by atomic mass is 19.4. The van der Waals surface area contributed by atoms with Crippen LogP contribution < -0.4 is 15.4 Å². The number of carbonyl (C=O) groups excluding carboxylic acids is 1. The van der Waals surface area contributed by atoms with Crippen molar-refractivity contribution in [2.45, 2.75) is 26.1 Å². The smallest absolute Gasteiger partial charge is 0.401 e. The molecule has 0 aliphatic rings. The Morgan fingerprint density at radius 2 is 1.95 bits per heavy atom. The monoisotopic (exact) mass is 290 g/mol. The molecule has 0 saturated carbocycles. The maximum atomic E-state index is 11.9. The predicted molar refractivity (Wildman–Crippen MR) is 69.8 cm³/mol. The lowest BCUT2D eigenvalue weighted by atomic mass is 10.3. The van der Waals surface area contributed by atoms with Crippen LogP contribution in [-0.2, 0) is 4.79 Å². The van der Waals surface area contributed by atoms with E-state index in [-0.39, 0.29) is 6.10 Å². The summed E-state index contributed by atoms with van der Waals surface area (Å²) in [5, 5.41) is 4.54. The van der Waals surface area contributed by atoms with E-state index in [4.69, 9.17) is 4.74 Å². The fourth-order valence-electron chi connectivity index (χ4n) is 1.44. The lowest BCUT2D eigenvalue weighted by Crippen LogP contribution is -2.35. The minimum Gasteiger partial charge on any atom is -0.489 e. The molecule has 0 aromatic heterocycles. The summed E-state index contributed by atoms with van der Waals surface area (Å²) in [5.74, 6) is -0.0827. The maximum absolute atomic E-state index is 11.9. The number of anilines is 1. The van der Waals surface area contributed by atoms with Crippen molar-refractivity contribution in [3.63, 3.8) is 0 Å². The number of hydrogen-bond donors (Lipinski definition) is 2. The van der Waals surface area contributed by atoms with E-state index in [0.29, 0.717) is 11.4 Å². The van der Waals surface area contributed by atoms with Crippen molar-refractivity contribution >= 4 is 11.6 Å². The lowest BCUT2D eigenvalue weighted by molar-refractivity contribution is -0.126. The topological polar surface area (TPSA) is 50.4 Å². The zero-order chi connectivity index (χ0) is 15.2.